The topological polar surface area (TPSA) is 117 Å². The van der Waals surface area contributed by atoms with Crippen molar-refractivity contribution in [3.63, 3.8) is 0 Å². The number of ketones is 1. The molecule has 50 heavy (non-hydrogen) atoms. The van der Waals surface area contributed by atoms with E-state index in [-0.39, 0.29) is 66.0 Å². The van der Waals surface area contributed by atoms with E-state index in [2.05, 4.69) is 20.6 Å². The van der Waals surface area contributed by atoms with Crippen molar-refractivity contribution in [2.75, 3.05) is 39.8 Å². The van der Waals surface area contributed by atoms with Gasteiger partial charge in [0, 0.05) is 63.7 Å². The highest BCUT2D eigenvalue weighted by molar-refractivity contribution is 5.95. The Labute approximate surface area is 298 Å². The first-order valence-electron chi connectivity index (χ1n) is 19.0. The number of carbonyl (C=O) groups excluding carboxylic acids is 4. The average molecular weight is 697 g/mol. The lowest BCUT2D eigenvalue weighted by Crippen LogP contribution is -2.55. The van der Waals surface area contributed by atoms with Crippen molar-refractivity contribution in [2.24, 2.45) is 35.0 Å². The van der Waals surface area contributed by atoms with Crippen molar-refractivity contribution in [1.82, 2.24) is 30.2 Å². The van der Waals surface area contributed by atoms with Gasteiger partial charge in [-0.25, -0.2) is 4.39 Å². The molecule has 1 aromatic heterocycles. The summed E-state index contributed by atoms with van der Waals surface area (Å²) >= 11 is 0. The van der Waals surface area contributed by atoms with Crippen LogP contribution < -0.4 is 10.6 Å². The van der Waals surface area contributed by atoms with Gasteiger partial charge in [0.2, 0.25) is 17.7 Å². The van der Waals surface area contributed by atoms with Crippen LogP contribution >= 0.6 is 0 Å². The van der Waals surface area contributed by atoms with Gasteiger partial charge in [0.25, 0.3) is 0 Å². The Kier molecular flexibility index (Phi) is 14.0. The molecule has 4 rings (SSSR count). The highest BCUT2D eigenvalue weighted by atomic mass is 19.1. The Bertz CT molecular complexity index is 1400. The van der Waals surface area contributed by atoms with Gasteiger partial charge in [-0.05, 0) is 75.5 Å². The van der Waals surface area contributed by atoms with Gasteiger partial charge in [0.1, 0.15) is 11.5 Å². The molecule has 1 aromatic rings. The maximum absolute atomic E-state index is 16.1. The summed E-state index contributed by atoms with van der Waals surface area (Å²) in [5, 5.41) is 10.2. The fraction of sp³-hybridized carbons (Fsp3) is 0.718. The Morgan fingerprint density at radius 1 is 1.02 bits per heavy atom. The maximum atomic E-state index is 16.1. The van der Waals surface area contributed by atoms with Gasteiger partial charge >= 0.3 is 0 Å². The zero-order chi connectivity index (χ0) is 36.6. The fourth-order valence-corrected chi connectivity index (χ4v) is 8.21. The van der Waals surface area contributed by atoms with E-state index >= 15 is 4.39 Å². The molecule has 1 aliphatic heterocycles. The minimum Gasteiger partial charge on any atom is -0.355 e. The summed E-state index contributed by atoms with van der Waals surface area (Å²) in [6, 6.07) is 1.78. The van der Waals surface area contributed by atoms with Gasteiger partial charge in [-0.1, -0.05) is 59.5 Å². The van der Waals surface area contributed by atoms with Crippen LogP contribution in [0.25, 0.3) is 0 Å². The van der Waals surface area contributed by atoms with Gasteiger partial charge in [0.15, 0.2) is 5.78 Å². The van der Waals surface area contributed by atoms with Gasteiger partial charge < -0.3 is 20.4 Å². The van der Waals surface area contributed by atoms with E-state index in [1.54, 1.807) is 36.0 Å². The lowest BCUT2D eigenvalue weighted by atomic mass is 9.63. The second-order valence-corrected chi connectivity index (χ2v) is 15.7. The van der Waals surface area contributed by atoms with E-state index in [1.165, 1.54) is 0 Å². The van der Waals surface area contributed by atoms with Crippen molar-refractivity contribution >= 4 is 23.5 Å². The first-order valence-corrected chi connectivity index (χ1v) is 19.0. The molecule has 2 fully saturated rings. The number of nitrogens with one attached hydrogen (secondary N) is 2. The molecule has 1 saturated carbocycles. The SMILES string of the molecule is CCC(=O)NCC(C(=O)N1CCN(C)CC1)C(C)(C)C1C=C(F)C(NC(=O)[C@@H](CCC(=O)c2ccnn2C(C)C)C2CCCCCC2)=CC1C. The number of amides is 3. The van der Waals surface area contributed by atoms with Crippen LogP contribution in [0.4, 0.5) is 4.39 Å². The van der Waals surface area contributed by atoms with E-state index in [9.17, 15) is 19.2 Å². The number of likely N-dealkylation sites (N-methyl/N-ethyl adjacent to an activating group) is 1. The van der Waals surface area contributed by atoms with Crippen molar-refractivity contribution in [2.45, 2.75) is 105 Å². The maximum Gasteiger partial charge on any atom is 0.228 e. The molecular weight excluding hydrogens is 635 g/mol. The molecular formula is C39H61FN6O4. The first kappa shape index (κ1) is 39.4. The summed E-state index contributed by atoms with van der Waals surface area (Å²) < 4.78 is 17.8. The molecule has 278 valence electrons. The summed E-state index contributed by atoms with van der Waals surface area (Å²) in [5.41, 5.74) is -0.0144. The third-order valence-corrected chi connectivity index (χ3v) is 11.5. The monoisotopic (exact) mass is 696 g/mol. The van der Waals surface area contributed by atoms with Crippen LogP contribution in [-0.2, 0) is 14.4 Å². The molecule has 3 aliphatic rings. The second kappa shape index (κ2) is 17.7. The fourth-order valence-electron chi connectivity index (χ4n) is 8.21. The molecule has 0 spiro atoms. The number of allylic oxidation sites excluding steroid dienone is 3. The number of hydrogen-bond acceptors (Lipinski definition) is 6. The van der Waals surface area contributed by atoms with Gasteiger partial charge in [-0.15, -0.1) is 0 Å². The van der Waals surface area contributed by atoms with E-state index in [0.29, 0.717) is 31.6 Å². The summed E-state index contributed by atoms with van der Waals surface area (Å²) in [6.07, 6.45) is 12.1. The Hall–Kier alpha value is -3.34. The van der Waals surface area contributed by atoms with Crippen molar-refractivity contribution < 1.29 is 23.6 Å². The minimum atomic E-state index is -0.712. The highest BCUT2D eigenvalue weighted by Crippen LogP contribution is 2.45. The van der Waals surface area contributed by atoms with Crippen LogP contribution in [0.3, 0.4) is 0 Å². The first-order chi connectivity index (χ1) is 23.7. The lowest BCUT2D eigenvalue weighted by Gasteiger charge is -2.45. The molecule has 0 radical (unpaired) electrons. The van der Waals surface area contributed by atoms with Crippen molar-refractivity contribution in [3.05, 3.63) is 41.6 Å². The van der Waals surface area contributed by atoms with E-state index in [0.717, 1.165) is 51.6 Å². The normalized spacial score (nSPS) is 22.3. The van der Waals surface area contributed by atoms with Gasteiger partial charge in [0.05, 0.1) is 11.6 Å². The van der Waals surface area contributed by atoms with Gasteiger partial charge in [-0.3, -0.25) is 23.9 Å². The zero-order valence-electron chi connectivity index (χ0n) is 31.5. The molecule has 3 amide bonds. The molecule has 3 unspecified atom stereocenters. The van der Waals surface area contributed by atoms with Crippen molar-refractivity contribution in [3.8, 4) is 0 Å². The molecule has 0 aromatic carbocycles. The number of hydrogen-bond donors (Lipinski definition) is 2. The molecule has 4 atom stereocenters. The Morgan fingerprint density at radius 3 is 2.30 bits per heavy atom. The quantitative estimate of drug-likeness (QED) is 0.180. The molecule has 2 aliphatic carbocycles. The third-order valence-electron chi connectivity index (χ3n) is 11.5. The zero-order valence-corrected chi connectivity index (χ0v) is 31.5. The summed E-state index contributed by atoms with van der Waals surface area (Å²) in [5.74, 6) is -2.37. The highest BCUT2D eigenvalue weighted by Gasteiger charge is 2.45. The van der Waals surface area contributed by atoms with Crippen LogP contribution in [-0.4, -0.2) is 82.9 Å². The van der Waals surface area contributed by atoms with Crippen LogP contribution in [0, 0.1) is 35.0 Å². The number of piperazine rings is 1. The van der Waals surface area contributed by atoms with Crippen LogP contribution in [0.1, 0.15) is 116 Å². The Morgan fingerprint density at radius 2 is 1.68 bits per heavy atom. The van der Waals surface area contributed by atoms with Gasteiger partial charge in [-0.2, -0.15) is 5.10 Å². The third kappa shape index (κ3) is 9.70. The van der Waals surface area contributed by atoms with E-state index in [4.69, 9.17) is 0 Å². The molecule has 2 N–H and O–H groups in total. The Balaban J connectivity index is 1.52. The molecule has 2 heterocycles. The number of halogens is 1. The van der Waals surface area contributed by atoms with Crippen LogP contribution in [0.15, 0.2) is 35.9 Å². The molecule has 0 bridgehead atoms. The lowest BCUT2D eigenvalue weighted by molar-refractivity contribution is -0.142. The van der Waals surface area contributed by atoms with Crippen LogP contribution in [0.2, 0.25) is 0 Å². The number of carbonyl (C=O) groups is 4. The smallest absolute Gasteiger partial charge is 0.228 e. The summed E-state index contributed by atoms with van der Waals surface area (Å²) in [4.78, 5) is 57.7. The predicted octanol–water partition coefficient (Wildman–Crippen LogP) is 6.08. The number of Topliss-reactive ketones (excluding diaryl/α,β-unsaturated/α-hetero) is 1. The van der Waals surface area contributed by atoms with Crippen LogP contribution in [0.5, 0.6) is 0 Å². The van der Waals surface area contributed by atoms with E-state index < -0.39 is 23.1 Å². The molecule has 11 heteroatoms. The molecule has 1 saturated heterocycles. The summed E-state index contributed by atoms with van der Waals surface area (Å²) in [6.45, 7) is 14.6. The average Bonchev–Trinajstić information content (AvgIpc) is 3.43. The largest absolute Gasteiger partial charge is 0.355 e. The standard InChI is InChI=1S/C39H61FN6O4/c1-8-36(48)41-25-31(38(50)45-21-19-44(7)20-22-45)39(5,6)30-24-32(40)33(23-27(30)4)43-37(49)29(28-13-11-9-10-12-14-28)15-16-35(47)34-17-18-42-46(34)26(2)3/h17-18,23-24,26-31H,8-16,19-22,25H2,1-7H3,(H,41,48)(H,43,49)/t27?,29-,30?,31?/m0/s1. The number of rotatable bonds is 14. The van der Waals surface area contributed by atoms with E-state index in [1.807, 2.05) is 46.6 Å². The second-order valence-electron chi connectivity index (χ2n) is 15.7. The number of nitrogens with zero attached hydrogens (tertiary/aromatic N) is 4. The predicted molar refractivity (Wildman–Crippen MR) is 194 cm³/mol. The summed E-state index contributed by atoms with van der Waals surface area (Å²) in [7, 11) is 2.03. The van der Waals surface area contributed by atoms with Crippen molar-refractivity contribution in [1.29, 1.82) is 0 Å². The minimum absolute atomic E-state index is 0.0270. The molecule has 10 nitrogen and oxygen atoms in total. The number of aromatic nitrogens is 2.